The first kappa shape index (κ1) is 20.7. The van der Waals surface area contributed by atoms with Crippen molar-refractivity contribution in [1.29, 1.82) is 0 Å². The molecule has 1 saturated heterocycles. The summed E-state index contributed by atoms with van der Waals surface area (Å²) in [6.45, 7) is 1.70. The Kier molecular flexibility index (Phi) is 4.95. The van der Waals surface area contributed by atoms with E-state index in [1.165, 1.54) is 4.90 Å². The molecule has 0 spiro atoms. The molecule has 3 aliphatic rings. The zero-order chi connectivity index (χ0) is 23.2. The van der Waals surface area contributed by atoms with Crippen molar-refractivity contribution in [2.45, 2.75) is 31.5 Å². The summed E-state index contributed by atoms with van der Waals surface area (Å²) in [5.41, 5.74) is 2.17. The van der Waals surface area contributed by atoms with E-state index in [0.29, 0.717) is 36.9 Å². The van der Waals surface area contributed by atoms with Gasteiger partial charge in [-0.05, 0) is 48.5 Å². The Hall–Kier alpha value is -3.92. The molecule has 3 aromatic rings. The lowest BCUT2D eigenvalue weighted by Gasteiger charge is -2.19. The molecule has 174 valence electrons. The molecule has 2 amide bonds. The van der Waals surface area contributed by atoms with Crippen molar-refractivity contribution in [3.63, 3.8) is 0 Å². The van der Waals surface area contributed by atoms with Crippen molar-refractivity contribution in [3.8, 4) is 5.75 Å². The largest absolute Gasteiger partial charge is 0.480 e. The molecule has 10 heteroatoms. The average Bonchev–Trinajstić information content (AvgIpc) is 3.40. The third-order valence-electron chi connectivity index (χ3n) is 6.48. The Bertz CT molecular complexity index is 1370. The number of hydrogen-bond acceptors (Lipinski definition) is 7. The van der Waals surface area contributed by atoms with Gasteiger partial charge in [0, 0.05) is 12.6 Å². The van der Waals surface area contributed by atoms with Gasteiger partial charge >= 0.3 is 6.09 Å². The van der Waals surface area contributed by atoms with Crippen LogP contribution in [0.15, 0.2) is 47.3 Å². The summed E-state index contributed by atoms with van der Waals surface area (Å²) in [6.07, 6.45) is 0.810. The van der Waals surface area contributed by atoms with Gasteiger partial charge < -0.3 is 24.7 Å². The van der Waals surface area contributed by atoms with Crippen LogP contribution in [0, 0.1) is 0 Å². The minimum absolute atomic E-state index is 0.0177. The van der Waals surface area contributed by atoms with E-state index in [1.807, 2.05) is 22.8 Å². The number of carbonyl (C=O) groups is 2. The molecule has 2 atom stereocenters. The first-order chi connectivity index (χ1) is 16.6. The number of rotatable bonds is 6. The second-order valence-corrected chi connectivity index (χ2v) is 8.69. The maximum atomic E-state index is 12.4. The molecule has 0 bridgehead atoms. The van der Waals surface area contributed by atoms with Gasteiger partial charge in [0.15, 0.2) is 18.2 Å². The molecule has 0 radical (unpaired) electrons. The summed E-state index contributed by atoms with van der Waals surface area (Å²) >= 11 is 0. The van der Waals surface area contributed by atoms with E-state index in [9.17, 15) is 14.4 Å². The van der Waals surface area contributed by atoms with Gasteiger partial charge in [-0.15, -0.1) is 0 Å². The van der Waals surface area contributed by atoms with E-state index >= 15 is 0 Å². The topological polar surface area (TPSA) is 115 Å². The first-order valence-corrected chi connectivity index (χ1v) is 11.3. The Balaban J connectivity index is 1.05. The van der Waals surface area contributed by atoms with Crippen LogP contribution in [0.2, 0.25) is 0 Å². The summed E-state index contributed by atoms with van der Waals surface area (Å²) < 4.78 is 12.7. The van der Waals surface area contributed by atoms with Gasteiger partial charge in [0.05, 0.1) is 18.1 Å². The lowest BCUT2D eigenvalue weighted by atomic mass is 10.1. The molecule has 2 aromatic heterocycles. The fraction of sp³-hybridized carbons (Fsp3) is 0.333. The maximum Gasteiger partial charge on any atom is 0.415 e. The predicted molar refractivity (Wildman–Crippen MR) is 124 cm³/mol. The number of ether oxygens (including phenoxy) is 2. The predicted octanol–water partition coefficient (Wildman–Crippen LogP) is 2.18. The first-order valence-electron chi connectivity index (χ1n) is 11.3. The van der Waals surface area contributed by atoms with Gasteiger partial charge in [0.25, 0.3) is 11.5 Å². The standard InChI is InChI=1S/C24H23N5O5/c30-20-13-33-18-7-8-19(26-23(18)27-20)28-11-15(34-24(28)32)4-2-10-25-17-12-29-21(31)9-6-14-3-1-5-16(17)22(14)29/h1,3,5-9,15,17,25H,2,4,10-13H2,(H,26,27,30)/t15-,17+/m0/s1. The number of fused-ring (bicyclic) bond motifs is 1. The number of nitrogens with zero attached hydrogens (tertiary/aromatic N) is 3. The van der Waals surface area contributed by atoms with E-state index in [0.717, 1.165) is 29.4 Å². The van der Waals surface area contributed by atoms with Crippen LogP contribution in [0.5, 0.6) is 5.75 Å². The van der Waals surface area contributed by atoms with Crippen molar-refractivity contribution >= 4 is 34.5 Å². The molecule has 0 saturated carbocycles. The van der Waals surface area contributed by atoms with Gasteiger partial charge in [-0.2, -0.15) is 0 Å². The zero-order valence-corrected chi connectivity index (χ0v) is 18.3. The van der Waals surface area contributed by atoms with Crippen LogP contribution < -0.4 is 25.8 Å². The van der Waals surface area contributed by atoms with Crippen LogP contribution in [-0.2, 0) is 16.1 Å². The Morgan fingerprint density at radius 1 is 1.09 bits per heavy atom. The molecule has 6 rings (SSSR count). The Morgan fingerprint density at radius 2 is 2.00 bits per heavy atom. The normalized spacial score (nSPS) is 20.8. The van der Waals surface area contributed by atoms with E-state index in [2.05, 4.69) is 21.7 Å². The number of amides is 2. The number of anilines is 2. The molecule has 10 nitrogen and oxygen atoms in total. The fourth-order valence-corrected chi connectivity index (χ4v) is 4.87. The number of pyridine rings is 2. The van der Waals surface area contributed by atoms with Crippen molar-refractivity contribution in [1.82, 2.24) is 14.9 Å². The van der Waals surface area contributed by atoms with Crippen LogP contribution in [0.25, 0.3) is 10.9 Å². The minimum Gasteiger partial charge on any atom is -0.480 e. The highest BCUT2D eigenvalue weighted by Crippen LogP contribution is 2.32. The van der Waals surface area contributed by atoms with E-state index in [4.69, 9.17) is 9.47 Å². The smallest absolute Gasteiger partial charge is 0.415 e. The van der Waals surface area contributed by atoms with E-state index in [-0.39, 0.29) is 30.2 Å². The molecular formula is C24H23N5O5. The third kappa shape index (κ3) is 3.56. The van der Waals surface area contributed by atoms with Crippen molar-refractivity contribution in [2.24, 2.45) is 0 Å². The number of hydrogen-bond donors (Lipinski definition) is 2. The molecule has 34 heavy (non-hydrogen) atoms. The molecule has 3 aliphatic heterocycles. The van der Waals surface area contributed by atoms with Gasteiger partial charge in [-0.1, -0.05) is 18.2 Å². The number of aromatic nitrogens is 2. The summed E-state index contributed by atoms with van der Waals surface area (Å²) in [6, 6.07) is 13.1. The van der Waals surface area contributed by atoms with Crippen LogP contribution in [0.1, 0.15) is 24.4 Å². The maximum absolute atomic E-state index is 12.4. The number of nitrogens with one attached hydrogen (secondary N) is 2. The second-order valence-electron chi connectivity index (χ2n) is 8.69. The Morgan fingerprint density at radius 3 is 2.91 bits per heavy atom. The number of benzene rings is 1. The highest BCUT2D eigenvalue weighted by Gasteiger charge is 2.34. The molecule has 2 N–H and O–H groups in total. The second kappa shape index (κ2) is 8.14. The summed E-state index contributed by atoms with van der Waals surface area (Å²) in [5, 5.41) is 7.27. The molecule has 5 heterocycles. The van der Waals surface area contributed by atoms with E-state index in [1.54, 1.807) is 18.2 Å². The van der Waals surface area contributed by atoms with Crippen molar-refractivity contribution in [2.75, 3.05) is 29.9 Å². The molecule has 0 aliphatic carbocycles. The van der Waals surface area contributed by atoms with Crippen LogP contribution in [0.3, 0.4) is 0 Å². The van der Waals surface area contributed by atoms with Gasteiger partial charge in [0.1, 0.15) is 11.9 Å². The minimum atomic E-state index is -0.453. The van der Waals surface area contributed by atoms with Crippen LogP contribution in [-0.4, -0.2) is 47.4 Å². The van der Waals surface area contributed by atoms with Crippen molar-refractivity contribution in [3.05, 3.63) is 58.4 Å². The van der Waals surface area contributed by atoms with Gasteiger partial charge in [-0.3, -0.25) is 14.5 Å². The molecule has 0 unspecified atom stereocenters. The van der Waals surface area contributed by atoms with Gasteiger partial charge in [-0.25, -0.2) is 9.78 Å². The van der Waals surface area contributed by atoms with Crippen LogP contribution >= 0.6 is 0 Å². The summed E-state index contributed by atoms with van der Waals surface area (Å²) in [4.78, 5) is 42.1. The lowest BCUT2D eigenvalue weighted by molar-refractivity contribution is -0.118. The summed E-state index contributed by atoms with van der Waals surface area (Å²) in [5.74, 6) is 0.918. The van der Waals surface area contributed by atoms with Gasteiger partial charge in [0.2, 0.25) is 0 Å². The highest BCUT2D eigenvalue weighted by molar-refractivity contribution is 5.95. The average molecular weight is 461 g/mol. The quantitative estimate of drug-likeness (QED) is 0.541. The molecule has 1 aromatic carbocycles. The monoisotopic (exact) mass is 461 g/mol. The molecular weight excluding hydrogens is 438 g/mol. The zero-order valence-electron chi connectivity index (χ0n) is 18.3. The SMILES string of the molecule is O=C1COc2ccc(N3C[C@H](CCCN[C@@H]4Cn5c(=O)ccc6cccc4c65)OC3=O)nc2N1. The lowest BCUT2D eigenvalue weighted by Crippen LogP contribution is -2.29. The Labute approximate surface area is 194 Å². The number of cyclic esters (lactones) is 1. The highest BCUT2D eigenvalue weighted by atomic mass is 16.6. The van der Waals surface area contributed by atoms with Crippen LogP contribution in [0.4, 0.5) is 16.4 Å². The number of carbonyl (C=O) groups excluding carboxylic acids is 2. The molecule has 1 fully saturated rings. The van der Waals surface area contributed by atoms with E-state index < -0.39 is 6.09 Å². The third-order valence-corrected chi connectivity index (χ3v) is 6.48. The fourth-order valence-electron chi connectivity index (χ4n) is 4.87. The summed E-state index contributed by atoms with van der Waals surface area (Å²) in [7, 11) is 0. The van der Waals surface area contributed by atoms with Crippen molar-refractivity contribution < 1.29 is 19.1 Å². The number of para-hydroxylation sites is 1.